The second kappa shape index (κ2) is 11.0. The zero-order valence-corrected chi connectivity index (χ0v) is 21.8. The molecule has 0 saturated heterocycles. The van der Waals surface area contributed by atoms with Gasteiger partial charge >= 0.3 is 5.97 Å². The average molecular weight is 513 g/mol. The molecule has 0 fully saturated rings. The van der Waals surface area contributed by atoms with Crippen molar-refractivity contribution >= 4 is 34.7 Å². The summed E-state index contributed by atoms with van der Waals surface area (Å²) in [4.78, 5) is 32.2. The minimum Gasteiger partial charge on any atom is -0.493 e. The van der Waals surface area contributed by atoms with Gasteiger partial charge in [0.15, 0.2) is 16.3 Å². The van der Waals surface area contributed by atoms with Gasteiger partial charge in [-0.3, -0.25) is 9.36 Å². The van der Waals surface area contributed by atoms with Gasteiger partial charge in [-0.2, -0.15) is 0 Å². The maximum absolute atomic E-state index is 13.6. The molecular weight excluding hydrogens is 484 g/mol. The van der Waals surface area contributed by atoms with Crippen molar-refractivity contribution in [2.45, 2.75) is 39.2 Å². The number of aromatic nitrogens is 1. The molecule has 1 aliphatic heterocycles. The van der Waals surface area contributed by atoms with Gasteiger partial charge in [0.05, 0.1) is 36.6 Å². The highest BCUT2D eigenvalue weighted by molar-refractivity contribution is 7.10. The van der Waals surface area contributed by atoms with Crippen molar-refractivity contribution in [1.29, 1.82) is 0 Å². The Morgan fingerprint density at radius 1 is 1.20 bits per heavy atom. The molecule has 3 aromatic rings. The van der Waals surface area contributed by atoms with Crippen LogP contribution in [0.25, 0.3) is 6.08 Å². The fraction of sp³-hybridized carbons (Fsp3) is 0.346. The number of hydrogen-bond donors (Lipinski definition) is 0. The maximum Gasteiger partial charge on any atom is 0.338 e. The van der Waals surface area contributed by atoms with Gasteiger partial charge in [0, 0.05) is 4.88 Å². The number of rotatable bonds is 9. The van der Waals surface area contributed by atoms with Crippen molar-refractivity contribution in [3.8, 4) is 11.5 Å². The van der Waals surface area contributed by atoms with Crippen LogP contribution in [-0.2, 0) is 9.53 Å². The van der Waals surface area contributed by atoms with E-state index < -0.39 is 12.0 Å². The number of carbonyl (C=O) groups is 1. The summed E-state index contributed by atoms with van der Waals surface area (Å²) in [5.41, 5.74) is 1.53. The predicted octanol–water partition coefficient (Wildman–Crippen LogP) is 4.05. The summed E-state index contributed by atoms with van der Waals surface area (Å²) in [5.74, 6) is 0.805. The summed E-state index contributed by atoms with van der Waals surface area (Å²) >= 11 is 2.78. The molecule has 9 heteroatoms. The highest BCUT2D eigenvalue weighted by atomic mass is 32.1. The summed E-state index contributed by atoms with van der Waals surface area (Å²) in [6.07, 6.45) is 5.05. The molecule has 0 saturated carbocycles. The second-order valence-corrected chi connectivity index (χ2v) is 10.0. The molecule has 1 aromatic carbocycles. The van der Waals surface area contributed by atoms with E-state index >= 15 is 0 Å². The summed E-state index contributed by atoms with van der Waals surface area (Å²) in [5, 5.41) is 1.92. The Morgan fingerprint density at radius 2 is 2.03 bits per heavy atom. The van der Waals surface area contributed by atoms with E-state index in [0.29, 0.717) is 38.7 Å². The predicted molar refractivity (Wildman–Crippen MR) is 138 cm³/mol. The van der Waals surface area contributed by atoms with E-state index in [0.717, 1.165) is 29.7 Å². The van der Waals surface area contributed by atoms with E-state index in [9.17, 15) is 9.59 Å². The van der Waals surface area contributed by atoms with Gasteiger partial charge in [0.2, 0.25) is 0 Å². The van der Waals surface area contributed by atoms with Crippen LogP contribution >= 0.6 is 22.7 Å². The number of unbranched alkanes of at least 4 members (excludes halogenated alkanes) is 2. The number of ether oxygens (including phenoxy) is 3. The number of esters is 1. The Bertz CT molecular complexity index is 1420. The van der Waals surface area contributed by atoms with Gasteiger partial charge in [-0.1, -0.05) is 43.2 Å². The lowest BCUT2D eigenvalue weighted by atomic mass is 10.0. The van der Waals surface area contributed by atoms with Crippen molar-refractivity contribution in [2.75, 3.05) is 20.8 Å². The van der Waals surface area contributed by atoms with Crippen LogP contribution in [0, 0.1) is 0 Å². The van der Waals surface area contributed by atoms with E-state index in [2.05, 4.69) is 11.9 Å². The number of thiazole rings is 1. The minimum atomic E-state index is -0.575. The van der Waals surface area contributed by atoms with E-state index in [4.69, 9.17) is 14.2 Å². The number of fused-ring (bicyclic) bond motifs is 1. The Labute approximate surface area is 211 Å². The van der Waals surface area contributed by atoms with Crippen LogP contribution in [0.5, 0.6) is 11.5 Å². The molecule has 7 nitrogen and oxygen atoms in total. The monoisotopic (exact) mass is 512 g/mol. The number of allylic oxidation sites excluding steroid dienone is 1. The number of hydrogen-bond acceptors (Lipinski definition) is 8. The third-order valence-corrected chi connectivity index (χ3v) is 7.64. The summed E-state index contributed by atoms with van der Waals surface area (Å²) in [6.45, 7) is 4.56. The molecule has 1 unspecified atom stereocenters. The van der Waals surface area contributed by atoms with Gasteiger partial charge < -0.3 is 14.2 Å². The lowest BCUT2D eigenvalue weighted by Crippen LogP contribution is -2.39. The Hall–Kier alpha value is -3.17. The number of methoxy groups -OCH3 is 2. The lowest BCUT2D eigenvalue weighted by molar-refractivity contribution is -0.136. The highest BCUT2D eigenvalue weighted by Crippen LogP contribution is 2.33. The first kappa shape index (κ1) is 24.9. The molecule has 0 bridgehead atoms. The molecule has 0 radical (unpaired) electrons. The first-order valence-corrected chi connectivity index (χ1v) is 13.1. The standard InChI is InChI=1S/C26H28N2O5S2/c1-5-6-7-12-33-18-11-10-17(14-19(18)31-3)15-21-24(29)28-23(20-9-8-13-34-20)22(25(30)32-4)16(2)27-26(28)35-21/h8-11,13-15,23H,5-7,12H2,1-4H3/b21-15+. The molecule has 1 atom stereocenters. The van der Waals surface area contributed by atoms with Crippen molar-refractivity contribution < 1.29 is 19.0 Å². The number of carbonyl (C=O) groups excluding carboxylic acids is 1. The number of benzene rings is 1. The fourth-order valence-electron chi connectivity index (χ4n) is 3.99. The molecule has 3 heterocycles. The first-order valence-electron chi connectivity index (χ1n) is 11.4. The third-order valence-electron chi connectivity index (χ3n) is 5.73. The summed E-state index contributed by atoms with van der Waals surface area (Å²) in [6, 6.07) is 8.86. The van der Waals surface area contributed by atoms with E-state index in [1.165, 1.54) is 29.8 Å². The molecular formula is C26H28N2O5S2. The smallest absolute Gasteiger partial charge is 0.338 e. The van der Waals surface area contributed by atoms with Crippen molar-refractivity contribution in [3.63, 3.8) is 0 Å². The van der Waals surface area contributed by atoms with Gasteiger partial charge in [-0.25, -0.2) is 9.79 Å². The van der Waals surface area contributed by atoms with Gasteiger partial charge in [0.1, 0.15) is 6.04 Å². The molecule has 1 aliphatic rings. The van der Waals surface area contributed by atoms with Gasteiger partial charge in [-0.15, -0.1) is 11.3 Å². The minimum absolute atomic E-state index is 0.208. The molecule has 0 spiro atoms. The third kappa shape index (κ3) is 5.11. The zero-order chi connectivity index (χ0) is 24.9. The maximum atomic E-state index is 13.6. The van der Waals surface area contributed by atoms with Crippen LogP contribution < -0.4 is 24.4 Å². The zero-order valence-electron chi connectivity index (χ0n) is 20.2. The van der Waals surface area contributed by atoms with Crippen LogP contribution in [0.1, 0.15) is 49.6 Å². The van der Waals surface area contributed by atoms with Crippen LogP contribution in [-0.4, -0.2) is 31.4 Å². The fourth-order valence-corrected chi connectivity index (χ4v) is 5.86. The van der Waals surface area contributed by atoms with E-state index in [-0.39, 0.29) is 5.56 Å². The van der Waals surface area contributed by atoms with Gasteiger partial charge in [-0.05, 0) is 48.6 Å². The number of thiophene rings is 1. The SMILES string of the molecule is CCCCCOc1ccc(/C=c2/sc3n(c2=O)C(c2cccs2)C(C(=O)OC)=C(C)N=3)cc1OC. The number of nitrogens with zero attached hydrogens (tertiary/aromatic N) is 2. The van der Waals surface area contributed by atoms with Crippen LogP contribution in [0.15, 0.2) is 56.8 Å². The van der Waals surface area contributed by atoms with Crippen molar-refractivity contribution in [1.82, 2.24) is 4.57 Å². The van der Waals surface area contributed by atoms with Crippen LogP contribution in [0.2, 0.25) is 0 Å². The summed E-state index contributed by atoms with van der Waals surface area (Å²) in [7, 11) is 2.94. The quantitative estimate of drug-likeness (QED) is 0.319. The van der Waals surface area contributed by atoms with Crippen LogP contribution in [0.4, 0.5) is 0 Å². The first-order chi connectivity index (χ1) is 17.0. The molecule has 35 heavy (non-hydrogen) atoms. The normalized spacial score (nSPS) is 15.5. The highest BCUT2D eigenvalue weighted by Gasteiger charge is 2.33. The summed E-state index contributed by atoms with van der Waals surface area (Å²) < 4.78 is 18.5. The Morgan fingerprint density at radius 3 is 2.71 bits per heavy atom. The molecule has 0 amide bonds. The lowest BCUT2D eigenvalue weighted by Gasteiger charge is -2.22. The van der Waals surface area contributed by atoms with E-state index in [1.54, 1.807) is 18.6 Å². The largest absolute Gasteiger partial charge is 0.493 e. The molecule has 2 aromatic heterocycles. The van der Waals surface area contributed by atoms with Crippen LogP contribution in [0.3, 0.4) is 0 Å². The van der Waals surface area contributed by atoms with Crippen molar-refractivity contribution in [3.05, 3.63) is 77.1 Å². The van der Waals surface area contributed by atoms with Gasteiger partial charge in [0.25, 0.3) is 5.56 Å². The molecule has 0 N–H and O–H groups in total. The van der Waals surface area contributed by atoms with E-state index in [1.807, 2.05) is 41.8 Å². The molecule has 184 valence electrons. The average Bonchev–Trinajstić information content (AvgIpc) is 3.50. The molecule has 0 aliphatic carbocycles. The van der Waals surface area contributed by atoms with Crippen molar-refractivity contribution in [2.24, 2.45) is 4.99 Å². The Balaban J connectivity index is 1.76. The molecule has 4 rings (SSSR count). The topological polar surface area (TPSA) is 79.1 Å². The Kier molecular flexibility index (Phi) is 7.87. The second-order valence-electron chi connectivity index (χ2n) is 8.05.